The highest BCUT2D eigenvalue weighted by molar-refractivity contribution is 6.30. The Labute approximate surface area is 125 Å². The molecule has 1 saturated heterocycles. The Morgan fingerprint density at radius 2 is 2.14 bits per heavy atom. The molecule has 0 aliphatic carbocycles. The Morgan fingerprint density at radius 1 is 1.38 bits per heavy atom. The summed E-state index contributed by atoms with van der Waals surface area (Å²) in [6.45, 7) is -0.300. The highest BCUT2D eigenvalue weighted by Gasteiger charge is 2.29. The van der Waals surface area contributed by atoms with Gasteiger partial charge in [-0.3, -0.25) is 9.59 Å². The van der Waals surface area contributed by atoms with Crippen molar-refractivity contribution in [2.75, 3.05) is 31.1 Å². The highest BCUT2D eigenvalue weighted by Crippen LogP contribution is 2.19. The first kappa shape index (κ1) is 15.1. The first-order chi connectivity index (χ1) is 9.97. The lowest BCUT2D eigenvalue weighted by Crippen LogP contribution is -2.42. The minimum absolute atomic E-state index is 0.153. The second-order valence-corrected chi connectivity index (χ2v) is 4.83. The van der Waals surface area contributed by atoms with Crippen molar-refractivity contribution in [1.82, 2.24) is 4.90 Å². The van der Waals surface area contributed by atoms with Gasteiger partial charge in [0.1, 0.15) is 13.2 Å². The molecule has 2 rings (SSSR count). The van der Waals surface area contributed by atoms with Crippen molar-refractivity contribution in [3.05, 3.63) is 29.3 Å². The van der Waals surface area contributed by atoms with Crippen molar-refractivity contribution in [2.45, 2.75) is 0 Å². The molecule has 1 fully saturated rings. The van der Waals surface area contributed by atoms with E-state index in [1.807, 2.05) is 0 Å². The summed E-state index contributed by atoms with van der Waals surface area (Å²) in [6, 6.07) is 6.50. The zero-order valence-electron chi connectivity index (χ0n) is 11.0. The molecule has 0 saturated carbocycles. The molecular weight excluding hydrogens is 300 g/mol. The van der Waals surface area contributed by atoms with Gasteiger partial charge in [-0.2, -0.15) is 0 Å². The van der Waals surface area contributed by atoms with Gasteiger partial charge in [-0.05, 0) is 18.2 Å². The molecule has 1 heterocycles. The van der Waals surface area contributed by atoms with E-state index in [1.165, 1.54) is 4.90 Å². The Morgan fingerprint density at radius 3 is 2.71 bits per heavy atom. The minimum atomic E-state index is -1.09. The number of halogens is 1. The van der Waals surface area contributed by atoms with Crippen LogP contribution in [0.15, 0.2) is 24.3 Å². The lowest BCUT2D eigenvalue weighted by Gasteiger charge is -2.23. The van der Waals surface area contributed by atoms with Crippen LogP contribution in [0.5, 0.6) is 0 Å². The number of carbonyl (C=O) groups excluding carboxylic acids is 2. The zero-order chi connectivity index (χ0) is 15.4. The van der Waals surface area contributed by atoms with Crippen LogP contribution in [0.3, 0.4) is 0 Å². The van der Waals surface area contributed by atoms with Gasteiger partial charge in [-0.25, -0.2) is 9.69 Å². The molecule has 0 atom stereocenters. The third-order valence-electron chi connectivity index (χ3n) is 2.89. The molecule has 1 aromatic carbocycles. The first-order valence-electron chi connectivity index (χ1n) is 6.17. The van der Waals surface area contributed by atoms with Crippen molar-refractivity contribution in [1.29, 1.82) is 0 Å². The summed E-state index contributed by atoms with van der Waals surface area (Å²) in [5.74, 6) is -1.61. The van der Waals surface area contributed by atoms with Crippen molar-refractivity contribution in [3.8, 4) is 0 Å². The normalized spacial score (nSPS) is 14.0. The van der Waals surface area contributed by atoms with Crippen molar-refractivity contribution in [2.24, 2.45) is 0 Å². The number of rotatable bonds is 5. The number of hydrogen-bond donors (Lipinski definition) is 1. The van der Waals surface area contributed by atoms with Gasteiger partial charge in [-0.15, -0.1) is 0 Å². The Kier molecular flexibility index (Phi) is 4.64. The molecule has 1 aliphatic rings. The molecule has 1 aliphatic heterocycles. The summed E-state index contributed by atoms with van der Waals surface area (Å²) in [7, 11) is 0. The maximum atomic E-state index is 12.1. The van der Waals surface area contributed by atoms with Gasteiger partial charge in [0.2, 0.25) is 0 Å². The van der Waals surface area contributed by atoms with Crippen LogP contribution in [0, 0.1) is 0 Å². The molecule has 0 unspecified atom stereocenters. The van der Waals surface area contributed by atoms with E-state index in [4.69, 9.17) is 16.7 Å². The Bertz CT molecular complexity index is 577. The van der Waals surface area contributed by atoms with Crippen LogP contribution < -0.4 is 4.90 Å². The predicted molar refractivity (Wildman–Crippen MR) is 74.4 cm³/mol. The molecule has 0 spiro atoms. The van der Waals surface area contributed by atoms with Crippen molar-refractivity contribution in [3.63, 3.8) is 0 Å². The fraction of sp³-hybridized carbons (Fsp3) is 0.308. The SMILES string of the molecule is O=C(O)CN(CC(=O)N1CCOC1=O)c1cccc(Cl)c1. The molecule has 8 heteroatoms. The number of cyclic esters (lactones) is 1. The molecule has 21 heavy (non-hydrogen) atoms. The fourth-order valence-corrected chi connectivity index (χ4v) is 2.13. The monoisotopic (exact) mass is 312 g/mol. The lowest BCUT2D eigenvalue weighted by molar-refractivity contribution is -0.135. The quantitative estimate of drug-likeness (QED) is 0.879. The minimum Gasteiger partial charge on any atom is -0.480 e. The topological polar surface area (TPSA) is 87.2 Å². The molecule has 0 radical (unpaired) electrons. The third-order valence-corrected chi connectivity index (χ3v) is 3.12. The maximum absolute atomic E-state index is 12.1. The maximum Gasteiger partial charge on any atom is 0.416 e. The van der Waals surface area contributed by atoms with Crippen molar-refractivity contribution >= 4 is 35.3 Å². The van der Waals surface area contributed by atoms with E-state index in [0.717, 1.165) is 4.90 Å². The summed E-state index contributed by atoms with van der Waals surface area (Å²) in [5.41, 5.74) is 0.491. The average Bonchev–Trinajstić information content (AvgIpc) is 2.83. The number of benzene rings is 1. The number of nitrogens with zero attached hydrogens (tertiary/aromatic N) is 2. The number of ether oxygens (including phenoxy) is 1. The van der Waals surface area contributed by atoms with E-state index in [2.05, 4.69) is 4.74 Å². The van der Waals surface area contributed by atoms with E-state index in [0.29, 0.717) is 10.7 Å². The number of carboxylic acid groups (broad SMARTS) is 1. The fourth-order valence-electron chi connectivity index (χ4n) is 1.94. The number of hydrogen-bond acceptors (Lipinski definition) is 5. The highest BCUT2D eigenvalue weighted by atomic mass is 35.5. The smallest absolute Gasteiger partial charge is 0.416 e. The largest absolute Gasteiger partial charge is 0.480 e. The van der Waals surface area contributed by atoms with E-state index in [-0.39, 0.29) is 26.2 Å². The lowest BCUT2D eigenvalue weighted by atomic mass is 10.2. The van der Waals surface area contributed by atoms with Crippen LogP contribution in [0.1, 0.15) is 0 Å². The van der Waals surface area contributed by atoms with Crippen LogP contribution in [-0.2, 0) is 14.3 Å². The van der Waals surface area contributed by atoms with Gasteiger partial charge in [0.05, 0.1) is 13.1 Å². The van der Waals surface area contributed by atoms with Crippen LogP contribution in [0.2, 0.25) is 5.02 Å². The van der Waals surface area contributed by atoms with Crippen LogP contribution >= 0.6 is 11.6 Å². The molecule has 1 N–H and O–H groups in total. The Hall–Kier alpha value is -2.28. The Balaban J connectivity index is 2.14. The molecular formula is C13H13ClN2O5. The third kappa shape index (κ3) is 3.85. The number of carbonyl (C=O) groups is 3. The van der Waals surface area contributed by atoms with Gasteiger partial charge in [0, 0.05) is 10.7 Å². The second kappa shape index (κ2) is 6.45. The molecule has 2 amide bonds. The van der Waals surface area contributed by atoms with Gasteiger partial charge in [0.15, 0.2) is 0 Å². The average molecular weight is 313 g/mol. The molecule has 1 aromatic rings. The van der Waals surface area contributed by atoms with Gasteiger partial charge >= 0.3 is 12.1 Å². The molecule has 0 aromatic heterocycles. The summed E-state index contributed by atoms with van der Waals surface area (Å²) in [4.78, 5) is 36.6. The van der Waals surface area contributed by atoms with Crippen molar-refractivity contribution < 1.29 is 24.2 Å². The number of carboxylic acids is 1. The summed E-state index contributed by atoms with van der Waals surface area (Å²) < 4.78 is 4.68. The summed E-state index contributed by atoms with van der Waals surface area (Å²) >= 11 is 5.87. The van der Waals surface area contributed by atoms with Crippen LogP contribution in [0.25, 0.3) is 0 Å². The number of imide groups is 1. The number of anilines is 1. The molecule has 7 nitrogen and oxygen atoms in total. The second-order valence-electron chi connectivity index (χ2n) is 4.39. The standard InChI is InChI=1S/C13H13ClN2O5/c14-9-2-1-3-10(6-9)15(8-12(18)19)7-11(17)16-4-5-21-13(16)20/h1-3,6H,4-5,7-8H2,(H,18,19). The van der Waals surface area contributed by atoms with Gasteiger partial charge in [0.25, 0.3) is 5.91 Å². The zero-order valence-corrected chi connectivity index (χ0v) is 11.7. The van der Waals surface area contributed by atoms with E-state index in [9.17, 15) is 14.4 Å². The first-order valence-corrected chi connectivity index (χ1v) is 6.54. The van der Waals surface area contributed by atoms with E-state index >= 15 is 0 Å². The molecule has 0 bridgehead atoms. The van der Waals surface area contributed by atoms with Crippen LogP contribution in [-0.4, -0.2) is 54.2 Å². The summed E-state index contributed by atoms with van der Waals surface area (Å²) in [6.07, 6.45) is -0.707. The predicted octanol–water partition coefficient (Wildman–Crippen LogP) is 1.21. The van der Waals surface area contributed by atoms with Gasteiger partial charge in [-0.1, -0.05) is 17.7 Å². The summed E-state index contributed by atoms with van der Waals surface area (Å²) in [5, 5.41) is 9.38. The number of amides is 2. The van der Waals surface area contributed by atoms with Crippen LogP contribution in [0.4, 0.5) is 10.5 Å². The molecule has 112 valence electrons. The van der Waals surface area contributed by atoms with E-state index in [1.54, 1.807) is 24.3 Å². The van der Waals surface area contributed by atoms with Gasteiger partial charge < -0.3 is 14.7 Å². The van der Waals surface area contributed by atoms with E-state index < -0.39 is 18.0 Å². The number of aliphatic carboxylic acids is 1.